The normalized spacial score (nSPS) is 0. The van der Waals surface area contributed by atoms with Crippen molar-refractivity contribution in [3.63, 3.8) is 0 Å². The zero-order valence-corrected chi connectivity index (χ0v) is 13.2. The fraction of sp³-hybridized carbons (Fsp3) is 0. The molecule has 0 saturated heterocycles. The van der Waals surface area contributed by atoms with Gasteiger partial charge in [-0.15, -0.1) is 0 Å². The quantitative estimate of drug-likeness (QED) is 0.330. The third kappa shape index (κ3) is 9.29. The molecule has 0 bridgehead atoms. The predicted molar refractivity (Wildman–Crippen MR) is 0 cm³/mol. The van der Waals surface area contributed by atoms with E-state index in [1.54, 1.807) is 0 Å². The van der Waals surface area contributed by atoms with Gasteiger partial charge in [-0.1, -0.05) is 0 Å². The second-order valence-corrected chi connectivity index (χ2v) is 0. The first-order valence-electron chi connectivity index (χ1n) is 0. The van der Waals surface area contributed by atoms with Crippen LogP contribution in [-0.4, -0.2) is 0 Å². The van der Waals surface area contributed by atoms with E-state index in [1.807, 2.05) is 0 Å². The zero-order chi connectivity index (χ0) is 0. The van der Waals surface area contributed by atoms with Gasteiger partial charge in [-0.2, -0.15) is 0 Å². The van der Waals surface area contributed by atoms with E-state index < -0.39 is 0 Å². The van der Waals surface area contributed by atoms with Crippen LogP contribution in [0.25, 0.3) is 0 Å². The van der Waals surface area contributed by atoms with E-state index in [4.69, 9.17) is 0 Å². The van der Waals surface area contributed by atoms with E-state index in [9.17, 15) is 0 Å². The molecule has 0 rings (SSSR count). The molecule has 4 heteroatoms. The van der Waals surface area contributed by atoms with Crippen molar-refractivity contribution in [1.29, 1.82) is 0 Å². The van der Waals surface area contributed by atoms with E-state index in [0.717, 1.165) is 0 Å². The molecule has 0 atom stereocenters. The molecule has 0 aliphatic heterocycles. The Morgan fingerprint density at radius 2 is 0.500 bits per heavy atom. The van der Waals surface area contributed by atoms with Crippen molar-refractivity contribution in [2.75, 3.05) is 0 Å². The van der Waals surface area contributed by atoms with Crippen LogP contribution in [0.4, 0.5) is 0 Å². The van der Waals surface area contributed by atoms with Crippen LogP contribution in [0.5, 0.6) is 0 Å². The molecule has 0 aliphatic rings. The summed E-state index contributed by atoms with van der Waals surface area (Å²) in [5.41, 5.74) is 0. The molecular formula is F2Hg2+2. The Bertz CT molecular complexity index is 4.00. The summed E-state index contributed by atoms with van der Waals surface area (Å²) in [4.78, 5) is 0. The standard InChI is InChI=1S/2FH.2Hg/h2*1H;;/q;;2*+2/p-2. The van der Waals surface area contributed by atoms with E-state index in [0.29, 0.717) is 0 Å². The van der Waals surface area contributed by atoms with Gasteiger partial charge in [-0.05, 0) is 0 Å². The molecule has 4 heavy (non-hydrogen) atoms. The molecule has 0 aromatic heterocycles. The summed E-state index contributed by atoms with van der Waals surface area (Å²) in [7, 11) is 0. The Kier molecular flexibility index (Phi) is 235. The van der Waals surface area contributed by atoms with Gasteiger partial charge in [0, 0.05) is 0 Å². The molecule has 0 fully saturated rings. The first-order valence-corrected chi connectivity index (χ1v) is 0. The summed E-state index contributed by atoms with van der Waals surface area (Å²) < 4.78 is 0. The molecule has 0 saturated carbocycles. The van der Waals surface area contributed by atoms with Gasteiger partial charge in [0.2, 0.25) is 0 Å². The van der Waals surface area contributed by atoms with Crippen molar-refractivity contribution < 1.29 is 64.7 Å². The average molecular weight is 439 g/mol. The molecule has 0 aromatic rings. The Balaban J connectivity index is 0. The van der Waals surface area contributed by atoms with Crippen LogP contribution < -0.4 is 9.41 Å². The molecule has 0 unspecified atom stereocenters. The van der Waals surface area contributed by atoms with Crippen LogP contribution in [0.1, 0.15) is 0 Å². The Hall–Kier alpha value is 1.73. The molecular weight excluding hydrogens is 439 g/mol. The van der Waals surface area contributed by atoms with Crippen LogP contribution >= 0.6 is 0 Å². The second kappa shape index (κ2) is 22.0. The van der Waals surface area contributed by atoms with Crippen molar-refractivity contribution in [3.05, 3.63) is 0 Å². The van der Waals surface area contributed by atoms with Gasteiger partial charge in [-0.3, -0.25) is 0 Å². The number of rotatable bonds is 0. The average Bonchev–Trinajstić information content (AvgIpc) is 0. The number of halogens is 2. The molecule has 0 N–H and O–H groups in total. The van der Waals surface area contributed by atoms with Gasteiger partial charge in [0.15, 0.2) is 0 Å². The van der Waals surface area contributed by atoms with Crippen molar-refractivity contribution >= 4 is 0 Å². The molecule has 0 amide bonds. The van der Waals surface area contributed by atoms with E-state index in [2.05, 4.69) is 0 Å². The molecule has 0 radical (unpaired) electrons. The summed E-state index contributed by atoms with van der Waals surface area (Å²) >= 11 is 0. The summed E-state index contributed by atoms with van der Waals surface area (Å²) in [6.45, 7) is 0. The molecule has 0 heterocycles. The first-order chi connectivity index (χ1) is 0. The largest absolute Gasteiger partial charge is 2.00 e. The van der Waals surface area contributed by atoms with Crippen molar-refractivity contribution in [2.45, 2.75) is 0 Å². The van der Waals surface area contributed by atoms with E-state index in [-0.39, 0.29) is 64.7 Å². The van der Waals surface area contributed by atoms with Gasteiger partial charge >= 0.3 is 55.3 Å². The zero-order valence-electron chi connectivity index (χ0n) is 2.17. The predicted octanol–water partition coefficient (Wildman–Crippen LogP) is -6.00. The van der Waals surface area contributed by atoms with Crippen LogP contribution in [0.2, 0.25) is 0 Å². The van der Waals surface area contributed by atoms with Gasteiger partial charge in [-0.25, -0.2) is 0 Å². The summed E-state index contributed by atoms with van der Waals surface area (Å²) in [6, 6.07) is 0. The second-order valence-electron chi connectivity index (χ2n) is 0. The Morgan fingerprint density at radius 3 is 0.500 bits per heavy atom. The van der Waals surface area contributed by atoms with Gasteiger partial charge in [0.05, 0.1) is 0 Å². The monoisotopic (exact) mass is 442 g/mol. The molecule has 0 aromatic carbocycles. The van der Waals surface area contributed by atoms with Crippen LogP contribution in [0.15, 0.2) is 0 Å². The van der Waals surface area contributed by atoms with Crippen LogP contribution in [0, 0.1) is 0 Å². The number of hydrogen-bond acceptors (Lipinski definition) is 0. The summed E-state index contributed by atoms with van der Waals surface area (Å²) in [6.07, 6.45) is 0. The van der Waals surface area contributed by atoms with Crippen molar-refractivity contribution in [2.24, 2.45) is 0 Å². The minimum atomic E-state index is 0. The van der Waals surface area contributed by atoms with Gasteiger partial charge < -0.3 is 9.41 Å². The summed E-state index contributed by atoms with van der Waals surface area (Å²) in [5, 5.41) is 0. The van der Waals surface area contributed by atoms with E-state index in [1.165, 1.54) is 0 Å². The SMILES string of the molecule is [F-].[F-].[Hg+2].[Hg+2]. The Labute approximate surface area is 64.1 Å². The van der Waals surface area contributed by atoms with Gasteiger partial charge in [0.1, 0.15) is 0 Å². The molecule has 0 aliphatic carbocycles. The number of hydrogen-bond donors (Lipinski definition) is 0. The minimum Gasteiger partial charge on any atom is -1.00 e. The molecule has 0 spiro atoms. The van der Waals surface area contributed by atoms with Crippen LogP contribution in [-0.2, 0) is 55.3 Å². The third-order valence-corrected chi connectivity index (χ3v) is 0. The third-order valence-electron chi connectivity index (χ3n) is 0. The first kappa shape index (κ1) is 42.8. The van der Waals surface area contributed by atoms with E-state index >= 15 is 0 Å². The maximum absolute atomic E-state index is 0. The maximum Gasteiger partial charge on any atom is 2.00 e. The van der Waals surface area contributed by atoms with Crippen molar-refractivity contribution in [1.82, 2.24) is 0 Å². The fourth-order valence-electron chi connectivity index (χ4n) is 0. The smallest absolute Gasteiger partial charge is 1.00 e. The molecule has 16 valence electrons. The topological polar surface area (TPSA) is 0 Å². The maximum atomic E-state index is 0. The minimum absolute atomic E-state index is 0. The van der Waals surface area contributed by atoms with Crippen molar-refractivity contribution in [3.8, 4) is 0 Å². The summed E-state index contributed by atoms with van der Waals surface area (Å²) in [5.74, 6) is 0. The Morgan fingerprint density at radius 1 is 0.500 bits per heavy atom. The molecule has 0 nitrogen and oxygen atoms in total. The van der Waals surface area contributed by atoms with Crippen LogP contribution in [0.3, 0.4) is 0 Å². The fourth-order valence-corrected chi connectivity index (χ4v) is 0. The van der Waals surface area contributed by atoms with Gasteiger partial charge in [0.25, 0.3) is 0 Å².